The summed E-state index contributed by atoms with van der Waals surface area (Å²) in [7, 11) is 3.28. The molecule has 0 radical (unpaired) electrons. The van der Waals surface area contributed by atoms with Crippen LogP contribution in [0.5, 0.6) is 11.5 Å². The second-order valence-electron chi connectivity index (χ2n) is 6.23. The van der Waals surface area contributed by atoms with Crippen molar-refractivity contribution in [3.63, 3.8) is 0 Å². The molecule has 0 aliphatic rings. The number of hydrogen-bond donors (Lipinski definition) is 1. The molecule has 0 fully saturated rings. The van der Waals surface area contributed by atoms with Gasteiger partial charge in [0.15, 0.2) is 0 Å². The molecule has 28 heavy (non-hydrogen) atoms. The summed E-state index contributed by atoms with van der Waals surface area (Å²) in [6.07, 6.45) is 2.05. The molecule has 3 aromatic rings. The molecule has 0 unspecified atom stereocenters. The minimum Gasteiger partial charge on any atom is -0.497 e. The van der Waals surface area contributed by atoms with Crippen LogP contribution in [0.4, 0.5) is 5.69 Å². The molecule has 0 bridgehead atoms. The number of anilines is 1. The maximum Gasteiger partial charge on any atom is 0.255 e. The second kappa shape index (κ2) is 9.33. The van der Waals surface area contributed by atoms with Gasteiger partial charge in [0.05, 0.1) is 14.2 Å². The van der Waals surface area contributed by atoms with Gasteiger partial charge in [-0.1, -0.05) is 24.3 Å². The quantitative estimate of drug-likeness (QED) is 0.577. The summed E-state index contributed by atoms with van der Waals surface area (Å²) in [5.74, 6) is 2.28. The van der Waals surface area contributed by atoms with Crippen molar-refractivity contribution in [3.8, 4) is 22.6 Å². The normalized spacial score (nSPS) is 10.4. The molecule has 0 saturated heterocycles. The van der Waals surface area contributed by atoms with Gasteiger partial charge in [-0.15, -0.1) is 0 Å². The molecule has 144 valence electrons. The maximum atomic E-state index is 12.7. The van der Waals surface area contributed by atoms with Crippen molar-refractivity contribution >= 4 is 23.4 Å². The second-order valence-corrected chi connectivity index (χ2v) is 7.10. The van der Waals surface area contributed by atoms with Crippen molar-refractivity contribution < 1.29 is 14.3 Å². The average molecular weight is 394 g/mol. The van der Waals surface area contributed by atoms with Crippen molar-refractivity contribution in [3.05, 3.63) is 77.9 Å². The molecule has 0 heterocycles. The Kier molecular flexibility index (Phi) is 6.61. The summed E-state index contributed by atoms with van der Waals surface area (Å²) in [6.45, 7) is 0. The monoisotopic (exact) mass is 393 g/mol. The SMILES string of the molecule is COc1ccc(-c2cc(NC(=O)c3cccc(CSC)c3)ccc2OC)cc1. The molecule has 3 aromatic carbocycles. The van der Waals surface area contributed by atoms with E-state index in [0.717, 1.165) is 33.9 Å². The van der Waals surface area contributed by atoms with E-state index in [4.69, 9.17) is 9.47 Å². The number of carbonyl (C=O) groups excluding carboxylic acids is 1. The fourth-order valence-corrected chi connectivity index (χ4v) is 3.47. The largest absolute Gasteiger partial charge is 0.497 e. The lowest BCUT2D eigenvalue weighted by molar-refractivity contribution is 0.102. The summed E-state index contributed by atoms with van der Waals surface area (Å²) in [4.78, 5) is 12.7. The highest BCUT2D eigenvalue weighted by Gasteiger charge is 2.11. The van der Waals surface area contributed by atoms with Crippen LogP contribution in [0.2, 0.25) is 0 Å². The van der Waals surface area contributed by atoms with E-state index in [1.54, 1.807) is 26.0 Å². The van der Waals surface area contributed by atoms with E-state index in [9.17, 15) is 4.79 Å². The third kappa shape index (κ3) is 4.67. The summed E-state index contributed by atoms with van der Waals surface area (Å²) in [6, 6.07) is 21.1. The van der Waals surface area contributed by atoms with Gasteiger partial charge in [-0.05, 0) is 59.8 Å². The Bertz CT molecular complexity index is 954. The lowest BCUT2D eigenvalue weighted by Gasteiger charge is -2.13. The maximum absolute atomic E-state index is 12.7. The van der Waals surface area contributed by atoms with E-state index in [0.29, 0.717) is 11.3 Å². The number of methoxy groups -OCH3 is 2. The molecule has 5 heteroatoms. The number of rotatable bonds is 7. The van der Waals surface area contributed by atoms with Crippen LogP contribution in [0.3, 0.4) is 0 Å². The van der Waals surface area contributed by atoms with Crippen LogP contribution in [-0.4, -0.2) is 26.4 Å². The molecule has 0 spiro atoms. The molecule has 3 rings (SSSR count). The standard InChI is InChI=1S/C23H23NO3S/c1-26-20-10-7-17(8-11-20)21-14-19(9-12-22(21)27-2)24-23(25)18-6-4-5-16(13-18)15-28-3/h4-14H,15H2,1-3H3,(H,24,25). The predicted molar refractivity (Wildman–Crippen MR) is 117 cm³/mol. The number of hydrogen-bond acceptors (Lipinski definition) is 4. The molecular weight excluding hydrogens is 370 g/mol. The van der Waals surface area contributed by atoms with Crippen LogP contribution >= 0.6 is 11.8 Å². The summed E-state index contributed by atoms with van der Waals surface area (Å²) >= 11 is 1.73. The predicted octanol–water partition coefficient (Wildman–Crippen LogP) is 5.49. The van der Waals surface area contributed by atoms with E-state index < -0.39 is 0 Å². The molecule has 1 N–H and O–H groups in total. The molecular formula is C23H23NO3S. The smallest absolute Gasteiger partial charge is 0.255 e. The third-order valence-corrected chi connectivity index (χ3v) is 4.98. The van der Waals surface area contributed by atoms with Crippen LogP contribution < -0.4 is 14.8 Å². The van der Waals surface area contributed by atoms with Crippen molar-refractivity contribution in [2.24, 2.45) is 0 Å². The topological polar surface area (TPSA) is 47.6 Å². The van der Waals surface area contributed by atoms with Gasteiger partial charge in [-0.25, -0.2) is 0 Å². The number of nitrogens with one attached hydrogen (secondary N) is 1. The first-order chi connectivity index (χ1) is 13.6. The first kappa shape index (κ1) is 19.8. The van der Waals surface area contributed by atoms with E-state index >= 15 is 0 Å². The first-order valence-corrected chi connectivity index (χ1v) is 10.3. The van der Waals surface area contributed by atoms with Gasteiger partial charge in [0, 0.05) is 22.6 Å². The van der Waals surface area contributed by atoms with E-state index in [1.165, 1.54) is 0 Å². The van der Waals surface area contributed by atoms with Crippen molar-refractivity contribution in [2.75, 3.05) is 25.8 Å². The van der Waals surface area contributed by atoms with Gasteiger partial charge in [-0.3, -0.25) is 4.79 Å². The highest BCUT2D eigenvalue weighted by molar-refractivity contribution is 7.97. The third-order valence-electron chi connectivity index (χ3n) is 4.36. The Balaban J connectivity index is 1.86. The zero-order valence-corrected chi connectivity index (χ0v) is 17.0. The van der Waals surface area contributed by atoms with Crippen molar-refractivity contribution in [1.82, 2.24) is 0 Å². The highest BCUT2D eigenvalue weighted by atomic mass is 32.2. The van der Waals surface area contributed by atoms with Gasteiger partial charge in [0.1, 0.15) is 11.5 Å². The molecule has 0 saturated carbocycles. The number of benzene rings is 3. The Hall–Kier alpha value is -2.92. The fraction of sp³-hybridized carbons (Fsp3) is 0.174. The zero-order chi connectivity index (χ0) is 19.9. The minimum atomic E-state index is -0.131. The lowest BCUT2D eigenvalue weighted by atomic mass is 10.0. The summed E-state index contributed by atoms with van der Waals surface area (Å²) in [5.41, 5.74) is 4.38. The number of carbonyl (C=O) groups is 1. The first-order valence-electron chi connectivity index (χ1n) is 8.86. The van der Waals surface area contributed by atoms with Gasteiger partial charge in [-0.2, -0.15) is 11.8 Å². The number of amides is 1. The fourth-order valence-electron chi connectivity index (χ4n) is 2.95. The molecule has 0 atom stereocenters. The van der Waals surface area contributed by atoms with Gasteiger partial charge in [0.2, 0.25) is 0 Å². The van der Waals surface area contributed by atoms with Gasteiger partial charge < -0.3 is 14.8 Å². The Morgan fingerprint density at radius 1 is 0.964 bits per heavy atom. The average Bonchev–Trinajstić information content (AvgIpc) is 2.74. The van der Waals surface area contributed by atoms with Crippen LogP contribution in [0.15, 0.2) is 66.7 Å². The van der Waals surface area contributed by atoms with Crippen LogP contribution in [0.25, 0.3) is 11.1 Å². The molecule has 1 amide bonds. The molecule has 0 aromatic heterocycles. The van der Waals surface area contributed by atoms with E-state index in [-0.39, 0.29) is 5.91 Å². The zero-order valence-electron chi connectivity index (χ0n) is 16.2. The van der Waals surface area contributed by atoms with E-state index in [1.807, 2.05) is 73.0 Å². The molecule has 0 aliphatic heterocycles. The van der Waals surface area contributed by atoms with Crippen LogP contribution in [-0.2, 0) is 5.75 Å². The Morgan fingerprint density at radius 2 is 1.75 bits per heavy atom. The highest BCUT2D eigenvalue weighted by Crippen LogP contribution is 2.33. The molecule has 0 aliphatic carbocycles. The number of thioether (sulfide) groups is 1. The van der Waals surface area contributed by atoms with Gasteiger partial charge in [0.25, 0.3) is 5.91 Å². The van der Waals surface area contributed by atoms with Crippen LogP contribution in [0, 0.1) is 0 Å². The number of ether oxygens (including phenoxy) is 2. The van der Waals surface area contributed by atoms with Crippen molar-refractivity contribution in [2.45, 2.75) is 5.75 Å². The van der Waals surface area contributed by atoms with E-state index in [2.05, 4.69) is 5.32 Å². The molecule has 4 nitrogen and oxygen atoms in total. The van der Waals surface area contributed by atoms with Crippen LogP contribution in [0.1, 0.15) is 15.9 Å². The Morgan fingerprint density at radius 3 is 2.43 bits per heavy atom. The van der Waals surface area contributed by atoms with Crippen molar-refractivity contribution in [1.29, 1.82) is 0 Å². The summed E-state index contributed by atoms with van der Waals surface area (Å²) in [5, 5.41) is 2.99. The lowest BCUT2D eigenvalue weighted by Crippen LogP contribution is -2.12. The Labute approximate surface area is 169 Å². The summed E-state index contributed by atoms with van der Waals surface area (Å²) < 4.78 is 10.7. The minimum absolute atomic E-state index is 0.131. The van der Waals surface area contributed by atoms with Gasteiger partial charge >= 0.3 is 0 Å².